The van der Waals surface area contributed by atoms with Crippen LogP contribution in [0.3, 0.4) is 0 Å². The van der Waals surface area contributed by atoms with E-state index in [1.54, 1.807) is 6.08 Å². The van der Waals surface area contributed by atoms with Crippen molar-refractivity contribution < 1.29 is 28.6 Å². The number of hydrogen-bond acceptors (Lipinski definition) is 6. The second-order valence-electron chi connectivity index (χ2n) is 22.3. The van der Waals surface area contributed by atoms with Crippen molar-refractivity contribution >= 4 is 17.9 Å². The zero-order valence-electron chi connectivity index (χ0n) is 53.0. The minimum absolute atomic E-state index is 0.0977. The van der Waals surface area contributed by atoms with E-state index in [2.05, 4.69) is 130 Å². The lowest BCUT2D eigenvalue weighted by molar-refractivity contribution is -0.166. The molecule has 0 rings (SSSR count). The Balaban J connectivity index is 4.17. The molecule has 462 valence electrons. The highest BCUT2D eigenvalue weighted by molar-refractivity contribution is 5.72. The lowest BCUT2D eigenvalue weighted by atomic mass is 10.0. The van der Waals surface area contributed by atoms with Crippen molar-refractivity contribution in [3.63, 3.8) is 0 Å². The van der Waals surface area contributed by atoms with Crippen molar-refractivity contribution in [3.05, 3.63) is 122 Å². The van der Waals surface area contributed by atoms with Crippen LogP contribution in [0.2, 0.25) is 0 Å². The molecule has 0 bridgehead atoms. The molecule has 0 aliphatic carbocycles. The first kappa shape index (κ1) is 76.8. The van der Waals surface area contributed by atoms with Crippen molar-refractivity contribution in [2.45, 2.75) is 322 Å². The Labute approximate surface area is 501 Å². The molecule has 0 amide bonds. The molecular formula is C75H126O6. The maximum absolute atomic E-state index is 12.8. The van der Waals surface area contributed by atoms with E-state index >= 15 is 0 Å². The third kappa shape index (κ3) is 66.5. The van der Waals surface area contributed by atoms with E-state index in [1.807, 2.05) is 6.08 Å². The van der Waals surface area contributed by atoms with Crippen LogP contribution in [-0.4, -0.2) is 37.2 Å². The molecule has 0 saturated carbocycles. The van der Waals surface area contributed by atoms with Gasteiger partial charge in [-0.2, -0.15) is 0 Å². The van der Waals surface area contributed by atoms with Gasteiger partial charge in [-0.05, 0) is 89.9 Å². The van der Waals surface area contributed by atoms with Crippen LogP contribution >= 0.6 is 0 Å². The third-order valence-electron chi connectivity index (χ3n) is 14.5. The summed E-state index contributed by atoms with van der Waals surface area (Å²) < 4.78 is 16.8. The van der Waals surface area contributed by atoms with E-state index in [1.165, 1.54) is 173 Å². The fourth-order valence-corrected chi connectivity index (χ4v) is 9.49. The summed E-state index contributed by atoms with van der Waals surface area (Å²) in [5.41, 5.74) is 0. The highest BCUT2D eigenvalue weighted by Gasteiger charge is 2.19. The topological polar surface area (TPSA) is 78.9 Å². The third-order valence-corrected chi connectivity index (χ3v) is 14.5. The van der Waals surface area contributed by atoms with Gasteiger partial charge in [-0.3, -0.25) is 14.4 Å². The van der Waals surface area contributed by atoms with Crippen LogP contribution in [0.1, 0.15) is 316 Å². The summed E-state index contributed by atoms with van der Waals surface area (Å²) in [5.74, 6) is -1.03. The summed E-state index contributed by atoms with van der Waals surface area (Å²) in [4.78, 5) is 38.2. The molecule has 0 fully saturated rings. The van der Waals surface area contributed by atoms with Crippen molar-refractivity contribution in [2.24, 2.45) is 0 Å². The Kier molecular flexibility index (Phi) is 64.8. The Morgan fingerprint density at radius 3 is 0.815 bits per heavy atom. The quantitative estimate of drug-likeness (QED) is 0.0261. The van der Waals surface area contributed by atoms with Gasteiger partial charge in [-0.1, -0.05) is 328 Å². The van der Waals surface area contributed by atoms with E-state index < -0.39 is 12.1 Å². The Morgan fingerprint density at radius 1 is 0.272 bits per heavy atom. The van der Waals surface area contributed by atoms with E-state index in [-0.39, 0.29) is 31.6 Å². The molecule has 6 nitrogen and oxygen atoms in total. The van der Waals surface area contributed by atoms with E-state index in [9.17, 15) is 14.4 Å². The molecular weight excluding hydrogens is 997 g/mol. The van der Waals surface area contributed by atoms with E-state index in [0.29, 0.717) is 12.8 Å². The average Bonchev–Trinajstić information content (AvgIpc) is 3.46. The molecule has 1 unspecified atom stereocenters. The van der Waals surface area contributed by atoms with Crippen LogP contribution < -0.4 is 0 Å². The maximum Gasteiger partial charge on any atom is 0.310 e. The van der Waals surface area contributed by atoms with Crippen LogP contribution in [0.25, 0.3) is 0 Å². The Bertz CT molecular complexity index is 1670. The molecule has 0 aromatic heterocycles. The summed E-state index contributed by atoms with van der Waals surface area (Å²) in [7, 11) is 0. The zero-order valence-corrected chi connectivity index (χ0v) is 53.0. The van der Waals surface area contributed by atoms with Gasteiger partial charge in [0.2, 0.25) is 0 Å². The van der Waals surface area contributed by atoms with Crippen LogP contribution in [-0.2, 0) is 28.6 Å². The van der Waals surface area contributed by atoms with Gasteiger partial charge in [-0.25, -0.2) is 0 Å². The van der Waals surface area contributed by atoms with Crippen molar-refractivity contribution in [2.75, 3.05) is 13.2 Å². The molecule has 1 atom stereocenters. The summed E-state index contributed by atoms with van der Waals surface area (Å²) in [6.07, 6.45) is 95.5. The number of rotatable bonds is 61. The van der Waals surface area contributed by atoms with Crippen LogP contribution in [0.15, 0.2) is 122 Å². The molecule has 0 heterocycles. The van der Waals surface area contributed by atoms with E-state index in [4.69, 9.17) is 14.2 Å². The average molecular weight is 1120 g/mol. The summed E-state index contributed by atoms with van der Waals surface area (Å²) in [6.45, 7) is 6.35. The molecule has 0 spiro atoms. The Morgan fingerprint density at radius 2 is 0.519 bits per heavy atom. The molecule has 0 aliphatic rings. The monoisotopic (exact) mass is 1120 g/mol. The lowest BCUT2D eigenvalue weighted by Gasteiger charge is -2.18. The number of ether oxygens (including phenoxy) is 3. The molecule has 0 radical (unpaired) electrons. The summed E-state index contributed by atoms with van der Waals surface area (Å²) in [5, 5.41) is 0. The van der Waals surface area contributed by atoms with Gasteiger partial charge in [0, 0.05) is 12.8 Å². The first-order valence-electron chi connectivity index (χ1n) is 34.0. The summed E-state index contributed by atoms with van der Waals surface area (Å²) >= 11 is 0. The van der Waals surface area contributed by atoms with Crippen LogP contribution in [0, 0.1) is 0 Å². The maximum atomic E-state index is 12.8. The van der Waals surface area contributed by atoms with Crippen molar-refractivity contribution in [1.82, 2.24) is 0 Å². The van der Waals surface area contributed by atoms with Crippen LogP contribution in [0.4, 0.5) is 0 Å². The Hall–Kier alpha value is -4.19. The minimum Gasteiger partial charge on any atom is -0.462 e. The molecule has 6 heteroatoms. The first-order valence-corrected chi connectivity index (χ1v) is 34.0. The van der Waals surface area contributed by atoms with Gasteiger partial charge in [-0.15, -0.1) is 0 Å². The smallest absolute Gasteiger partial charge is 0.310 e. The number of allylic oxidation sites excluding steroid dienone is 19. The predicted octanol–water partition coefficient (Wildman–Crippen LogP) is 23.6. The van der Waals surface area contributed by atoms with Gasteiger partial charge in [0.1, 0.15) is 13.2 Å². The molecule has 0 N–H and O–H groups in total. The minimum atomic E-state index is -0.831. The largest absolute Gasteiger partial charge is 0.462 e. The fraction of sp³-hybridized carbons (Fsp3) is 0.693. The highest BCUT2D eigenvalue weighted by atomic mass is 16.6. The SMILES string of the molecule is CC/C=C\C/C=C\C/C=C\C/C=C\C/C=C\CCCCCCCCCCCCCCCCCCCCCC(=O)OCC(COC(=O)CCCCCCCCCCCCCCC)OC(=O)C/C=C\C/C=C\C/C=C\C/C=C\C/C=C\CC. The number of carbonyl (C=O) groups excluding carboxylic acids is 3. The number of carbonyl (C=O) groups is 3. The molecule has 0 aliphatic heterocycles. The van der Waals surface area contributed by atoms with Gasteiger partial charge in [0.05, 0.1) is 6.42 Å². The van der Waals surface area contributed by atoms with Gasteiger partial charge < -0.3 is 14.2 Å². The normalized spacial score (nSPS) is 12.9. The second kappa shape index (κ2) is 68.3. The predicted molar refractivity (Wildman–Crippen MR) is 353 cm³/mol. The van der Waals surface area contributed by atoms with Gasteiger partial charge in [0.25, 0.3) is 0 Å². The highest BCUT2D eigenvalue weighted by Crippen LogP contribution is 2.17. The number of unbranched alkanes of at least 4 members (excludes halogenated alkanes) is 31. The van der Waals surface area contributed by atoms with Gasteiger partial charge in [0.15, 0.2) is 6.10 Å². The molecule has 0 saturated heterocycles. The standard InChI is InChI=1S/C75H126O6/c1-4-7-10-13-16-19-22-25-27-28-29-30-31-32-33-34-35-36-37-38-39-40-41-42-43-44-45-46-48-50-53-56-59-62-65-68-74(77)80-71-72(70-79-73(76)67-64-61-58-55-52-49-24-21-18-15-12-9-6-3)81-75(78)69-66-63-60-57-54-51-47-26-23-20-17-14-11-8-5-2/h7-8,10-11,16-17,19-20,25-27,29-30,32-33,47,54,57,63,66,72H,4-6,9,12-15,18,21-24,28,31,34-46,48-53,55-56,58-62,64-65,67-71H2,1-3H3/b10-7-,11-8-,19-16-,20-17-,27-25-,30-29-,33-32-,47-26-,57-54-,66-63-. The van der Waals surface area contributed by atoms with E-state index in [0.717, 1.165) is 103 Å². The fourth-order valence-electron chi connectivity index (χ4n) is 9.49. The number of hydrogen-bond donors (Lipinski definition) is 0. The lowest BCUT2D eigenvalue weighted by Crippen LogP contribution is -2.30. The molecule has 0 aromatic rings. The molecule has 0 aromatic carbocycles. The number of esters is 3. The van der Waals surface area contributed by atoms with Crippen molar-refractivity contribution in [3.8, 4) is 0 Å². The van der Waals surface area contributed by atoms with Crippen LogP contribution in [0.5, 0.6) is 0 Å². The molecule has 81 heavy (non-hydrogen) atoms. The second-order valence-corrected chi connectivity index (χ2v) is 22.3. The van der Waals surface area contributed by atoms with Crippen molar-refractivity contribution in [1.29, 1.82) is 0 Å². The van der Waals surface area contributed by atoms with Gasteiger partial charge >= 0.3 is 17.9 Å². The first-order chi connectivity index (χ1) is 40.0. The zero-order chi connectivity index (χ0) is 58.5. The summed E-state index contributed by atoms with van der Waals surface area (Å²) in [6, 6.07) is 0.